The van der Waals surface area contributed by atoms with Crippen LogP contribution in [0.25, 0.3) is 0 Å². The van der Waals surface area contributed by atoms with E-state index in [1.165, 1.54) is 0 Å². The number of ketones is 1. The second kappa shape index (κ2) is 3.00. The predicted molar refractivity (Wildman–Crippen MR) is 36.9 cm³/mol. The van der Waals surface area contributed by atoms with Gasteiger partial charge in [0.25, 0.3) is 0 Å². The Morgan fingerprint density at radius 3 is 3.00 bits per heavy atom. The van der Waals surface area contributed by atoms with Crippen LogP contribution >= 0.6 is 0 Å². The third kappa shape index (κ3) is 1.54. The standard InChI is InChI=1S/C8H13O/c1-2-8(9)7-5-3-4-6-7/h3,7H,2,4-6H2,1H3/t7-/m0/s1. The van der Waals surface area contributed by atoms with Crippen molar-refractivity contribution in [1.82, 2.24) is 0 Å². The number of rotatable bonds is 2. The second-order valence-corrected chi connectivity index (χ2v) is 2.62. The first-order chi connectivity index (χ1) is 4.34. The van der Waals surface area contributed by atoms with Gasteiger partial charge in [0.2, 0.25) is 0 Å². The Kier molecular flexibility index (Phi) is 2.26. The van der Waals surface area contributed by atoms with E-state index in [4.69, 9.17) is 0 Å². The van der Waals surface area contributed by atoms with E-state index >= 15 is 0 Å². The van der Waals surface area contributed by atoms with Gasteiger partial charge in [-0.3, -0.25) is 4.79 Å². The Bertz CT molecular complexity index is 101. The molecule has 0 spiro atoms. The Labute approximate surface area is 56.4 Å². The first kappa shape index (κ1) is 6.79. The summed E-state index contributed by atoms with van der Waals surface area (Å²) in [7, 11) is 0. The van der Waals surface area contributed by atoms with Gasteiger partial charge in [-0.25, -0.2) is 0 Å². The van der Waals surface area contributed by atoms with Crippen molar-refractivity contribution in [2.45, 2.75) is 32.6 Å². The lowest BCUT2D eigenvalue weighted by molar-refractivity contribution is -0.122. The van der Waals surface area contributed by atoms with E-state index in [0.29, 0.717) is 11.7 Å². The molecular weight excluding hydrogens is 112 g/mol. The van der Waals surface area contributed by atoms with Gasteiger partial charge in [-0.1, -0.05) is 6.92 Å². The largest absolute Gasteiger partial charge is 0.299 e. The lowest BCUT2D eigenvalue weighted by Crippen LogP contribution is -2.08. The quantitative estimate of drug-likeness (QED) is 0.551. The summed E-state index contributed by atoms with van der Waals surface area (Å²) in [6.45, 7) is 1.95. The SMILES string of the molecule is CCC(=O)[C@H]1C[CH]CC1. The van der Waals surface area contributed by atoms with E-state index in [1.807, 2.05) is 6.92 Å². The van der Waals surface area contributed by atoms with Crippen molar-refractivity contribution in [2.75, 3.05) is 0 Å². The van der Waals surface area contributed by atoms with Crippen LogP contribution in [-0.2, 0) is 4.79 Å². The van der Waals surface area contributed by atoms with Gasteiger partial charge in [-0.05, 0) is 25.7 Å². The number of Topliss-reactive ketones (excluding diaryl/α,β-unsaturated/α-hetero) is 1. The van der Waals surface area contributed by atoms with Gasteiger partial charge in [0.1, 0.15) is 5.78 Å². The summed E-state index contributed by atoms with van der Waals surface area (Å²) in [5.74, 6) is 0.832. The minimum atomic E-state index is 0.384. The summed E-state index contributed by atoms with van der Waals surface area (Å²) in [6.07, 6.45) is 6.23. The number of hydrogen-bond donors (Lipinski definition) is 0. The molecule has 1 saturated carbocycles. The smallest absolute Gasteiger partial charge is 0.135 e. The highest BCUT2D eigenvalue weighted by Crippen LogP contribution is 2.25. The minimum absolute atomic E-state index is 0.384. The fourth-order valence-corrected chi connectivity index (χ4v) is 1.34. The molecule has 0 amide bonds. The molecule has 9 heavy (non-hydrogen) atoms. The molecule has 0 bridgehead atoms. The molecule has 0 aliphatic heterocycles. The van der Waals surface area contributed by atoms with Gasteiger partial charge in [-0.15, -0.1) is 0 Å². The highest BCUT2D eigenvalue weighted by molar-refractivity contribution is 5.81. The van der Waals surface area contributed by atoms with E-state index in [2.05, 4.69) is 6.42 Å². The van der Waals surface area contributed by atoms with E-state index in [0.717, 1.165) is 25.7 Å². The molecule has 0 N–H and O–H groups in total. The summed E-state index contributed by atoms with van der Waals surface area (Å²) in [5.41, 5.74) is 0. The van der Waals surface area contributed by atoms with Crippen molar-refractivity contribution in [1.29, 1.82) is 0 Å². The molecular formula is C8H13O. The van der Waals surface area contributed by atoms with Crippen molar-refractivity contribution < 1.29 is 4.79 Å². The Balaban J connectivity index is 2.32. The Hall–Kier alpha value is -0.330. The van der Waals surface area contributed by atoms with Crippen LogP contribution in [0.1, 0.15) is 32.6 Å². The monoisotopic (exact) mass is 125 g/mol. The van der Waals surface area contributed by atoms with Crippen molar-refractivity contribution in [3.05, 3.63) is 6.42 Å². The highest BCUT2D eigenvalue weighted by atomic mass is 16.1. The Morgan fingerprint density at radius 2 is 2.56 bits per heavy atom. The van der Waals surface area contributed by atoms with Gasteiger partial charge in [0, 0.05) is 12.3 Å². The molecule has 0 aromatic carbocycles. The Morgan fingerprint density at radius 1 is 1.78 bits per heavy atom. The van der Waals surface area contributed by atoms with E-state index in [1.54, 1.807) is 0 Å². The van der Waals surface area contributed by atoms with Crippen molar-refractivity contribution in [2.24, 2.45) is 5.92 Å². The lowest BCUT2D eigenvalue weighted by atomic mass is 10.0. The van der Waals surface area contributed by atoms with Crippen LogP contribution in [0.2, 0.25) is 0 Å². The van der Waals surface area contributed by atoms with Crippen LogP contribution in [0, 0.1) is 12.3 Å². The van der Waals surface area contributed by atoms with Gasteiger partial charge in [0.05, 0.1) is 0 Å². The lowest BCUT2D eigenvalue weighted by Gasteiger charge is -2.02. The molecule has 1 atom stereocenters. The average Bonchev–Trinajstić information content (AvgIpc) is 2.37. The molecule has 1 nitrogen and oxygen atoms in total. The fourth-order valence-electron chi connectivity index (χ4n) is 1.34. The first-order valence-electron chi connectivity index (χ1n) is 3.69. The number of carbonyl (C=O) groups excluding carboxylic acids is 1. The summed E-state index contributed by atoms with van der Waals surface area (Å²) >= 11 is 0. The second-order valence-electron chi connectivity index (χ2n) is 2.62. The van der Waals surface area contributed by atoms with Crippen LogP contribution < -0.4 is 0 Å². The maximum Gasteiger partial charge on any atom is 0.135 e. The van der Waals surface area contributed by atoms with Gasteiger partial charge in [-0.2, -0.15) is 0 Å². The number of hydrogen-bond acceptors (Lipinski definition) is 1. The molecule has 0 unspecified atom stereocenters. The minimum Gasteiger partial charge on any atom is -0.299 e. The van der Waals surface area contributed by atoms with E-state index in [9.17, 15) is 4.79 Å². The van der Waals surface area contributed by atoms with Crippen molar-refractivity contribution >= 4 is 5.78 Å². The van der Waals surface area contributed by atoms with Crippen molar-refractivity contribution in [3.63, 3.8) is 0 Å². The molecule has 1 aliphatic carbocycles. The zero-order chi connectivity index (χ0) is 6.69. The summed E-state index contributed by atoms with van der Waals surface area (Å²) in [5, 5.41) is 0. The third-order valence-electron chi connectivity index (χ3n) is 1.97. The molecule has 0 aromatic rings. The molecule has 0 aromatic heterocycles. The molecule has 1 aliphatic rings. The summed E-state index contributed by atoms with van der Waals surface area (Å²) < 4.78 is 0. The predicted octanol–water partition coefficient (Wildman–Crippen LogP) is 1.97. The van der Waals surface area contributed by atoms with Gasteiger partial charge < -0.3 is 0 Å². The van der Waals surface area contributed by atoms with Crippen LogP contribution in [0.5, 0.6) is 0 Å². The van der Waals surface area contributed by atoms with Crippen LogP contribution in [0.4, 0.5) is 0 Å². The van der Waals surface area contributed by atoms with Crippen LogP contribution in [-0.4, -0.2) is 5.78 Å². The van der Waals surface area contributed by atoms with Crippen LogP contribution in [0.15, 0.2) is 0 Å². The zero-order valence-electron chi connectivity index (χ0n) is 5.89. The molecule has 1 radical (unpaired) electrons. The maximum atomic E-state index is 11.0. The molecule has 0 saturated heterocycles. The van der Waals surface area contributed by atoms with Gasteiger partial charge in [0.15, 0.2) is 0 Å². The third-order valence-corrected chi connectivity index (χ3v) is 1.97. The topological polar surface area (TPSA) is 17.1 Å². The van der Waals surface area contributed by atoms with E-state index in [-0.39, 0.29) is 0 Å². The maximum absolute atomic E-state index is 11.0. The molecule has 1 rings (SSSR count). The normalized spacial score (nSPS) is 20.6. The first-order valence-corrected chi connectivity index (χ1v) is 3.69. The number of carbonyl (C=O) groups is 1. The molecule has 1 heteroatoms. The fraction of sp³-hybridized carbons (Fsp3) is 0.750. The highest BCUT2D eigenvalue weighted by Gasteiger charge is 2.20. The molecule has 1 fully saturated rings. The summed E-state index contributed by atoms with van der Waals surface area (Å²) in [4.78, 5) is 11.0. The average molecular weight is 125 g/mol. The summed E-state index contributed by atoms with van der Waals surface area (Å²) in [6, 6.07) is 0. The zero-order valence-corrected chi connectivity index (χ0v) is 5.89. The molecule has 0 heterocycles. The van der Waals surface area contributed by atoms with E-state index < -0.39 is 0 Å². The van der Waals surface area contributed by atoms with Crippen LogP contribution in [0.3, 0.4) is 0 Å². The van der Waals surface area contributed by atoms with Gasteiger partial charge >= 0.3 is 0 Å². The molecule has 51 valence electrons. The van der Waals surface area contributed by atoms with Crippen molar-refractivity contribution in [3.8, 4) is 0 Å².